The van der Waals surface area contributed by atoms with E-state index in [9.17, 15) is 4.39 Å². The Hall–Kier alpha value is -2.40. The van der Waals surface area contributed by atoms with Crippen LogP contribution in [0.3, 0.4) is 0 Å². The lowest BCUT2D eigenvalue weighted by atomic mass is 10.2. The van der Waals surface area contributed by atoms with E-state index in [4.69, 9.17) is 4.42 Å². The number of hydrogen-bond donors (Lipinski definition) is 1. The van der Waals surface area contributed by atoms with Gasteiger partial charge in [-0.05, 0) is 18.2 Å². The van der Waals surface area contributed by atoms with Crippen molar-refractivity contribution in [3.05, 3.63) is 78.0 Å². The molecule has 0 aliphatic rings. The SMILES string of the molecule is Fc1ccccc1Cn1ccnc1CNCc1ccco1. The normalized spacial score (nSPS) is 10.9. The van der Waals surface area contributed by atoms with Crippen LogP contribution in [0.2, 0.25) is 0 Å². The fourth-order valence-corrected chi connectivity index (χ4v) is 2.17. The van der Waals surface area contributed by atoms with E-state index in [-0.39, 0.29) is 5.82 Å². The van der Waals surface area contributed by atoms with E-state index in [2.05, 4.69) is 10.3 Å². The zero-order chi connectivity index (χ0) is 14.5. The van der Waals surface area contributed by atoms with Crippen LogP contribution in [0.1, 0.15) is 17.1 Å². The van der Waals surface area contributed by atoms with E-state index >= 15 is 0 Å². The van der Waals surface area contributed by atoms with Gasteiger partial charge in [0.15, 0.2) is 0 Å². The maximum Gasteiger partial charge on any atom is 0.128 e. The molecule has 21 heavy (non-hydrogen) atoms. The molecule has 0 unspecified atom stereocenters. The van der Waals surface area contributed by atoms with Crippen LogP contribution < -0.4 is 5.32 Å². The first-order valence-electron chi connectivity index (χ1n) is 6.79. The average molecular weight is 285 g/mol. The Morgan fingerprint density at radius 3 is 2.86 bits per heavy atom. The van der Waals surface area contributed by atoms with E-state index < -0.39 is 0 Å². The summed E-state index contributed by atoms with van der Waals surface area (Å²) in [6.07, 6.45) is 5.23. The Morgan fingerprint density at radius 1 is 1.14 bits per heavy atom. The second-order valence-corrected chi connectivity index (χ2v) is 4.75. The molecule has 5 heteroatoms. The van der Waals surface area contributed by atoms with Gasteiger partial charge in [0.1, 0.15) is 17.4 Å². The Bertz CT molecular complexity index is 691. The van der Waals surface area contributed by atoms with Crippen LogP contribution in [0.4, 0.5) is 4.39 Å². The minimum atomic E-state index is -0.194. The van der Waals surface area contributed by atoms with Gasteiger partial charge < -0.3 is 14.3 Å². The number of nitrogens with zero attached hydrogens (tertiary/aromatic N) is 2. The maximum absolute atomic E-state index is 13.7. The van der Waals surface area contributed by atoms with Crippen molar-refractivity contribution in [1.29, 1.82) is 0 Å². The molecule has 0 radical (unpaired) electrons. The Balaban J connectivity index is 1.62. The van der Waals surface area contributed by atoms with Crippen molar-refractivity contribution in [1.82, 2.24) is 14.9 Å². The van der Waals surface area contributed by atoms with E-state index in [1.807, 2.05) is 29.0 Å². The summed E-state index contributed by atoms with van der Waals surface area (Å²) >= 11 is 0. The molecule has 108 valence electrons. The van der Waals surface area contributed by atoms with Crippen LogP contribution in [0.5, 0.6) is 0 Å². The molecule has 4 nitrogen and oxygen atoms in total. The maximum atomic E-state index is 13.7. The van der Waals surface area contributed by atoms with Gasteiger partial charge in [-0.25, -0.2) is 9.37 Å². The van der Waals surface area contributed by atoms with Crippen LogP contribution in [0, 0.1) is 5.82 Å². The van der Waals surface area contributed by atoms with Gasteiger partial charge in [0.05, 0.1) is 25.9 Å². The predicted octanol–water partition coefficient (Wildman–Crippen LogP) is 2.95. The van der Waals surface area contributed by atoms with E-state index in [0.717, 1.165) is 11.6 Å². The third kappa shape index (κ3) is 3.38. The Kier molecular flexibility index (Phi) is 4.12. The first kappa shape index (κ1) is 13.6. The summed E-state index contributed by atoms with van der Waals surface area (Å²) in [4.78, 5) is 4.31. The highest BCUT2D eigenvalue weighted by Gasteiger charge is 2.06. The van der Waals surface area contributed by atoms with Crippen molar-refractivity contribution in [3.63, 3.8) is 0 Å². The first-order chi connectivity index (χ1) is 10.3. The van der Waals surface area contributed by atoms with Gasteiger partial charge in [0.2, 0.25) is 0 Å². The fraction of sp³-hybridized carbons (Fsp3) is 0.188. The molecule has 3 rings (SSSR count). The number of furan rings is 1. The summed E-state index contributed by atoms with van der Waals surface area (Å²) in [7, 11) is 0. The molecule has 0 saturated carbocycles. The van der Waals surface area contributed by atoms with Crippen LogP contribution in [0.25, 0.3) is 0 Å². The van der Waals surface area contributed by atoms with Crippen molar-refractivity contribution >= 4 is 0 Å². The molecule has 0 amide bonds. The first-order valence-corrected chi connectivity index (χ1v) is 6.79. The molecule has 1 aromatic carbocycles. The summed E-state index contributed by atoms with van der Waals surface area (Å²) in [5.74, 6) is 1.55. The lowest BCUT2D eigenvalue weighted by Crippen LogP contribution is -2.17. The molecular weight excluding hydrogens is 269 g/mol. The second-order valence-electron chi connectivity index (χ2n) is 4.75. The molecule has 0 aliphatic carbocycles. The number of aromatic nitrogens is 2. The van der Waals surface area contributed by atoms with Crippen LogP contribution in [-0.4, -0.2) is 9.55 Å². The topological polar surface area (TPSA) is 43.0 Å². The van der Waals surface area contributed by atoms with Gasteiger partial charge in [-0.3, -0.25) is 0 Å². The highest BCUT2D eigenvalue weighted by Crippen LogP contribution is 2.10. The lowest BCUT2D eigenvalue weighted by Gasteiger charge is -2.09. The van der Waals surface area contributed by atoms with Crippen molar-refractivity contribution in [2.24, 2.45) is 0 Å². The van der Waals surface area contributed by atoms with Gasteiger partial charge in [0, 0.05) is 18.0 Å². The number of benzene rings is 1. The second kappa shape index (κ2) is 6.37. The van der Waals surface area contributed by atoms with Gasteiger partial charge in [-0.1, -0.05) is 18.2 Å². The number of imidazole rings is 1. The standard InChI is InChI=1S/C16H16FN3O/c17-15-6-2-1-4-13(15)12-20-8-7-19-16(20)11-18-10-14-5-3-9-21-14/h1-9,18H,10-12H2. The van der Waals surface area contributed by atoms with Crippen molar-refractivity contribution in [2.75, 3.05) is 0 Å². The molecule has 0 saturated heterocycles. The van der Waals surface area contributed by atoms with Crippen LogP contribution >= 0.6 is 0 Å². The highest BCUT2D eigenvalue weighted by molar-refractivity contribution is 5.18. The third-order valence-corrected chi connectivity index (χ3v) is 3.26. The zero-order valence-corrected chi connectivity index (χ0v) is 11.5. The summed E-state index contributed by atoms with van der Waals surface area (Å²) < 4.78 is 20.9. The molecule has 0 spiro atoms. The molecule has 3 aromatic rings. The molecule has 0 atom stereocenters. The molecular formula is C16H16FN3O. The molecule has 0 fully saturated rings. The summed E-state index contributed by atoms with van der Waals surface area (Å²) in [6, 6.07) is 10.6. The number of halogens is 1. The molecule has 0 bridgehead atoms. The summed E-state index contributed by atoms with van der Waals surface area (Å²) in [6.45, 7) is 1.71. The lowest BCUT2D eigenvalue weighted by molar-refractivity contribution is 0.477. The zero-order valence-electron chi connectivity index (χ0n) is 11.5. The van der Waals surface area contributed by atoms with E-state index in [1.165, 1.54) is 6.07 Å². The van der Waals surface area contributed by atoms with Gasteiger partial charge in [-0.2, -0.15) is 0 Å². The largest absolute Gasteiger partial charge is 0.468 e. The highest BCUT2D eigenvalue weighted by atomic mass is 19.1. The van der Waals surface area contributed by atoms with Crippen molar-refractivity contribution < 1.29 is 8.81 Å². The Labute approximate surface area is 122 Å². The molecule has 1 N–H and O–H groups in total. The minimum Gasteiger partial charge on any atom is -0.468 e. The molecule has 2 aromatic heterocycles. The van der Waals surface area contributed by atoms with Crippen LogP contribution in [0.15, 0.2) is 59.5 Å². The number of hydrogen-bond acceptors (Lipinski definition) is 3. The van der Waals surface area contributed by atoms with Gasteiger partial charge in [-0.15, -0.1) is 0 Å². The van der Waals surface area contributed by atoms with Gasteiger partial charge >= 0.3 is 0 Å². The quantitative estimate of drug-likeness (QED) is 0.757. The monoisotopic (exact) mass is 285 g/mol. The third-order valence-electron chi connectivity index (χ3n) is 3.26. The van der Waals surface area contributed by atoms with Crippen molar-refractivity contribution in [2.45, 2.75) is 19.6 Å². The number of nitrogens with one attached hydrogen (secondary N) is 1. The minimum absolute atomic E-state index is 0.194. The van der Waals surface area contributed by atoms with Gasteiger partial charge in [0.25, 0.3) is 0 Å². The Morgan fingerprint density at radius 2 is 2.05 bits per heavy atom. The smallest absolute Gasteiger partial charge is 0.128 e. The van der Waals surface area contributed by atoms with E-state index in [1.54, 1.807) is 24.6 Å². The van der Waals surface area contributed by atoms with Crippen molar-refractivity contribution in [3.8, 4) is 0 Å². The summed E-state index contributed by atoms with van der Waals surface area (Å²) in [5.41, 5.74) is 0.655. The van der Waals surface area contributed by atoms with Crippen LogP contribution in [-0.2, 0) is 19.6 Å². The number of rotatable bonds is 6. The van der Waals surface area contributed by atoms with E-state index in [0.29, 0.717) is 25.2 Å². The fourth-order valence-electron chi connectivity index (χ4n) is 2.17. The average Bonchev–Trinajstić information content (AvgIpc) is 3.14. The molecule has 2 heterocycles. The molecule has 0 aliphatic heterocycles. The predicted molar refractivity (Wildman–Crippen MR) is 77.0 cm³/mol. The summed E-state index contributed by atoms with van der Waals surface area (Å²) in [5, 5.41) is 3.26.